The Bertz CT molecular complexity index is 493. The van der Waals surface area contributed by atoms with Crippen LogP contribution >= 0.6 is 11.6 Å². The molecule has 5 nitrogen and oxygen atoms in total. The quantitative estimate of drug-likeness (QED) is 0.877. The number of primary amides is 1. The van der Waals surface area contributed by atoms with Crippen molar-refractivity contribution in [1.29, 1.82) is 0 Å². The van der Waals surface area contributed by atoms with Gasteiger partial charge in [0.2, 0.25) is 5.91 Å². The van der Waals surface area contributed by atoms with E-state index in [0.717, 1.165) is 17.0 Å². The summed E-state index contributed by atoms with van der Waals surface area (Å²) in [5.41, 5.74) is 6.01. The maximum absolute atomic E-state index is 11.8. The Hall–Kier alpha value is -1.75. The second kappa shape index (κ2) is 5.93. The number of likely N-dealkylation sites (tertiary alicyclic amines) is 1. The summed E-state index contributed by atoms with van der Waals surface area (Å²) < 4.78 is 0. The fraction of sp³-hybridized carbons (Fsp3) is 0.385. The van der Waals surface area contributed by atoms with E-state index in [4.69, 9.17) is 17.3 Å². The summed E-state index contributed by atoms with van der Waals surface area (Å²) in [6.07, 6.45) is 0.881. The third kappa shape index (κ3) is 3.38. The van der Waals surface area contributed by atoms with Gasteiger partial charge in [-0.25, -0.2) is 4.79 Å². The minimum Gasteiger partial charge on any atom is -0.352 e. The van der Waals surface area contributed by atoms with Crippen molar-refractivity contribution in [2.24, 2.45) is 5.73 Å². The lowest BCUT2D eigenvalue weighted by atomic mass is 9.98. The zero-order valence-corrected chi connectivity index (χ0v) is 11.2. The predicted molar refractivity (Wildman–Crippen MR) is 73.0 cm³/mol. The number of carbonyl (C=O) groups is 2. The van der Waals surface area contributed by atoms with Gasteiger partial charge in [-0.1, -0.05) is 29.8 Å². The molecule has 2 rings (SSSR count). The number of hydrogen-bond donors (Lipinski definition) is 2. The van der Waals surface area contributed by atoms with E-state index in [9.17, 15) is 9.59 Å². The summed E-state index contributed by atoms with van der Waals surface area (Å²) in [5, 5.41) is 3.04. The summed E-state index contributed by atoms with van der Waals surface area (Å²) >= 11 is 6.16. The molecular weight excluding hydrogens is 266 g/mol. The highest BCUT2D eigenvalue weighted by Gasteiger charge is 2.28. The molecular formula is C13H16ClN3O2. The van der Waals surface area contributed by atoms with Gasteiger partial charge in [0.05, 0.1) is 6.54 Å². The molecule has 0 saturated carbocycles. The molecule has 0 radical (unpaired) electrons. The Morgan fingerprint density at radius 2 is 2.16 bits per heavy atom. The van der Waals surface area contributed by atoms with Crippen molar-refractivity contribution >= 4 is 23.5 Å². The number of hydrogen-bond acceptors (Lipinski definition) is 2. The van der Waals surface area contributed by atoms with Gasteiger partial charge < -0.3 is 16.0 Å². The van der Waals surface area contributed by atoms with Crippen molar-refractivity contribution in [2.75, 3.05) is 19.6 Å². The van der Waals surface area contributed by atoms with E-state index < -0.39 is 6.03 Å². The molecule has 1 saturated heterocycles. The summed E-state index contributed by atoms with van der Waals surface area (Å²) in [5.74, 6) is 0.139. The Morgan fingerprint density at radius 3 is 2.84 bits per heavy atom. The molecule has 1 atom stereocenters. The fourth-order valence-corrected chi connectivity index (χ4v) is 2.61. The molecule has 3 amide bonds. The van der Waals surface area contributed by atoms with Gasteiger partial charge in [-0.05, 0) is 18.1 Å². The zero-order valence-electron chi connectivity index (χ0n) is 10.4. The number of rotatable bonds is 3. The zero-order chi connectivity index (χ0) is 13.8. The summed E-state index contributed by atoms with van der Waals surface area (Å²) in [6.45, 7) is 1.25. The van der Waals surface area contributed by atoms with Crippen LogP contribution in [0.3, 0.4) is 0 Å². The number of amides is 3. The maximum Gasteiger partial charge on any atom is 0.312 e. The molecule has 0 aromatic heterocycles. The molecule has 1 fully saturated rings. The lowest BCUT2D eigenvalue weighted by molar-refractivity contribution is -0.129. The first kappa shape index (κ1) is 13.7. The van der Waals surface area contributed by atoms with Crippen LogP contribution < -0.4 is 11.1 Å². The third-order valence-corrected chi connectivity index (χ3v) is 3.64. The highest BCUT2D eigenvalue weighted by atomic mass is 35.5. The van der Waals surface area contributed by atoms with Crippen LogP contribution in [0.15, 0.2) is 24.3 Å². The number of nitrogens with one attached hydrogen (secondary N) is 1. The molecule has 102 valence electrons. The van der Waals surface area contributed by atoms with Crippen molar-refractivity contribution < 1.29 is 9.59 Å². The van der Waals surface area contributed by atoms with Crippen molar-refractivity contribution in [2.45, 2.75) is 12.3 Å². The lowest BCUT2D eigenvalue weighted by Gasteiger charge is -2.17. The lowest BCUT2D eigenvalue weighted by Crippen LogP contribution is -2.40. The van der Waals surface area contributed by atoms with Gasteiger partial charge in [0, 0.05) is 24.0 Å². The minimum absolute atomic E-state index is 0.0510. The first-order chi connectivity index (χ1) is 9.08. The van der Waals surface area contributed by atoms with Gasteiger partial charge in [-0.3, -0.25) is 4.79 Å². The van der Waals surface area contributed by atoms with Crippen LogP contribution in [-0.2, 0) is 4.79 Å². The van der Waals surface area contributed by atoms with Crippen molar-refractivity contribution in [3.8, 4) is 0 Å². The number of halogens is 1. The molecule has 3 N–H and O–H groups in total. The van der Waals surface area contributed by atoms with E-state index in [1.807, 2.05) is 24.3 Å². The van der Waals surface area contributed by atoms with E-state index in [0.29, 0.717) is 13.1 Å². The number of nitrogens with two attached hydrogens (primary N) is 1. The summed E-state index contributed by atoms with van der Waals surface area (Å²) in [4.78, 5) is 24.1. The average molecular weight is 282 g/mol. The first-order valence-corrected chi connectivity index (χ1v) is 6.51. The molecule has 1 aliphatic heterocycles. The van der Waals surface area contributed by atoms with Crippen LogP contribution in [0, 0.1) is 0 Å². The second-order valence-corrected chi connectivity index (χ2v) is 4.97. The standard InChI is InChI=1S/C13H16ClN3O2/c14-11-4-2-1-3-10(11)9-5-6-17(8-9)12(18)7-16-13(15)19/h1-4,9H,5-8H2,(H3,15,16,19)/t9-/m0/s1. The van der Waals surface area contributed by atoms with E-state index in [1.165, 1.54) is 0 Å². The van der Waals surface area contributed by atoms with Crippen molar-refractivity contribution in [3.05, 3.63) is 34.9 Å². The normalized spacial score (nSPS) is 18.4. The van der Waals surface area contributed by atoms with Gasteiger partial charge in [0.15, 0.2) is 0 Å². The smallest absolute Gasteiger partial charge is 0.312 e. The molecule has 19 heavy (non-hydrogen) atoms. The van der Waals surface area contributed by atoms with E-state index >= 15 is 0 Å². The van der Waals surface area contributed by atoms with Crippen LogP contribution in [0.4, 0.5) is 4.79 Å². The van der Waals surface area contributed by atoms with Gasteiger partial charge in [-0.2, -0.15) is 0 Å². The Morgan fingerprint density at radius 1 is 1.42 bits per heavy atom. The minimum atomic E-state index is -0.685. The molecule has 1 aromatic rings. The van der Waals surface area contributed by atoms with Crippen molar-refractivity contribution in [1.82, 2.24) is 10.2 Å². The number of nitrogens with zero attached hydrogens (tertiary/aromatic N) is 1. The average Bonchev–Trinajstić information content (AvgIpc) is 2.86. The van der Waals surface area contributed by atoms with Gasteiger partial charge in [0.1, 0.15) is 0 Å². The van der Waals surface area contributed by atoms with Gasteiger partial charge in [0.25, 0.3) is 0 Å². The highest BCUT2D eigenvalue weighted by molar-refractivity contribution is 6.31. The van der Waals surface area contributed by atoms with Crippen LogP contribution in [0.1, 0.15) is 17.9 Å². The van der Waals surface area contributed by atoms with Gasteiger partial charge >= 0.3 is 6.03 Å². The van der Waals surface area contributed by atoms with E-state index in [-0.39, 0.29) is 18.4 Å². The van der Waals surface area contributed by atoms with E-state index in [2.05, 4.69) is 5.32 Å². The predicted octanol–water partition coefficient (Wildman–Crippen LogP) is 1.32. The topological polar surface area (TPSA) is 75.4 Å². The number of urea groups is 1. The Balaban J connectivity index is 1.95. The first-order valence-electron chi connectivity index (χ1n) is 6.13. The molecule has 1 aromatic carbocycles. The van der Waals surface area contributed by atoms with Crippen LogP contribution in [0.5, 0.6) is 0 Å². The summed E-state index contributed by atoms with van der Waals surface area (Å²) in [7, 11) is 0. The number of carbonyl (C=O) groups excluding carboxylic acids is 2. The van der Waals surface area contributed by atoms with Crippen LogP contribution in [-0.4, -0.2) is 36.5 Å². The number of benzene rings is 1. The molecule has 0 spiro atoms. The van der Waals surface area contributed by atoms with Crippen molar-refractivity contribution in [3.63, 3.8) is 0 Å². The Labute approximate surface area is 116 Å². The maximum atomic E-state index is 11.8. The third-order valence-electron chi connectivity index (χ3n) is 3.30. The monoisotopic (exact) mass is 281 g/mol. The van der Waals surface area contributed by atoms with Gasteiger partial charge in [-0.15, -0.1) is 0 Å². The van der Waals surface area contributed by atoms with E-state index in [1.54, 1.807) is 4.90 Å². The Kier molecular flexibility index (Phi) is 4.27. The molecule has 0 unspecified atom stereocenters. The van der Waals surface area contributed by atoms with Crippen LogP contribution in [0.2, 0.25) is 5.02 Å². The van der Waals surface area contributed by atoms with Crippen LogP contribution in [0.25, 0.3) is 0 Å². The molecule has 1 heterocycles. The molecule has 0 bridgehead atoms. The molecule has 0 aliphatic carbocycles. The SMILES string of the molecule is NC(=O)NCC(=O)N1CC[C@H](c2ccccc2Cl)C1. The molecule has 1 aliphatic rings. The molecule has 6 heteroatoms. The highest BCUT2D eigenvalue weighted by Crippen LogP contribution is 2.31. The summed E-state index contributed by atoms with van der Waals surface area (Å²) in [6, 6.07) is 7.00. The fourth-order valence-electron chi connectivity index (χ4n) is 2.32. The largest absolute Gasteiger partial charge is 0.352 e. The second-order valence-electron chi connectivity index (χ2n) is 4.56.